The molecule has 22 heavy (non-hydrogen) atoms. The van der Waals surface area contributed by atoms with Crippen LogP contribution in [0.15, 0.2) is 48.0 Å². The lowest BCUT2D eigenvalue weighted by molar-refractivity contribution is 0.0933. The number of thiazole rings is 1. The molecule has 1 aliphatic rings. The number of nitrogens with zero attached hydrogens (tertiary/aromatic N) is 1. The summed E-state index contributed by atoms with van der Waals surface area (Å²) in [6.07, 6.45) is 3.23. The van der Waals surface area contributed by atoms with E-state index in [2.05, 4.69) is 28.5 Å². The Bertz CT molecular complexity index is 840. The fourth-order valence-electron chi connectivity index (χ4n) is 3.14. The average Bonchev–Trinajstić information content (AvgIpc) is 3.02. The van der Waals surface area contributed by atoms with Gasteiger partial charge in [-0.25, -0.2) is 4.98 Å². The molecule has 0 saturated heterocycles. The molecule has 4 rings (SSSR count). The molecule has 110 valence electrons. The maximum Gasteiger partial charge on any atom is 0.251 e. The highest BCUT2D eigenvalue weighted by Gasteiger charge is 2.21. The predicted octanol–water partition coefficient (Wildman–Crippen LogP) is 4.10. The highest BCUT2D eigenvalue weighted by molar-refractivity contribution is 7.16. The molecule has 3 aromatic rings. The van der Waals surface area contributed by atoms with Crippen molar-refractivity contribution in [3.63, 3.8) is 0 Å². The van der Waals surface area contributed by atoms with Crippen molar-refractivity contribution in [2.75, 3.05) is 0 Å². The molecule has 3 nitrogen and oxygen atoms in total. The van der Waals surface area contributed by atoms with Gasteiger partial charge in [-0.3, -0.25) is 4.79 Å². The highest BCUT2D eigenvalue weighted by atomic mass is 32.1. The summed E-state index contributed by atoms with van der Waals surface area (Å²) in [4.78, 5) is 16.8. The Morgan fingerprint density at radius 2 is 2.14 bits per heavy atom. The number of hydrogen-bond acceptors (Lipinski definition) is 3. The Balaban J connectivity index is 1.59. The van der Waals surface area contributed by atoms with Crippen molar-refractivity contribution in [1.82, 2.24) is 10.3 Å². The summed E-state index contributed by atoms with van der Waals surface area (Å²) >= 11 is 1.56. The summed E-state index contributed by atoms with van der Waals surface area (Å²) < 4.78 is 1.05. The topological polar surface area (TPSA) is 42.0 Å². The second-order valence-corrected chi connectivity index (χ2v) is 6.54. The summed E-state index contributed by atoms with van der Waals surface area (Å²) in [5.41, 5.74) is 6.09. The van der Waals surface area contributed by atoms with Gasteiger partial charge in [0.15, 0.2) is 0 Å². The molecule has 4 heteroatoms. The third kappa shape index (κ3) is 2.40. The smallest absolute Gasteiger partial charge is 0.251 e. The summed E-state index contributed by atoms with van der Waals surface area (Å²) in [7, 11) is 0. The third-order valence-electron chi connectivity index (χ3n) is 4.27. The van der Waals surface area contributed by atoms with Crippen molar-refractivity contribution in [3.05, 3.63) is 64.7 Å². The minimum atomic E-state index is -0.00277. The van der Waals surface area contributed by atoms with Gasteiger partial charge in [-0.15, -0.1) is 11.3 Å². The first-order valence-electron chi connectivity index (χ1n) is 7.53. The van der Waals surface area contributed by atoms with Crippen LogP contribution in [0.5, 0.6) is 0 Å². The van der Waals surface area contributed by atoms with Gasteiger partial charge in [-0.2, -0.15) is 0 Å². The number of amides is 1. The van der Waals surface area contributed by atoms with Crippen molar-refractivity contribution in [2.24, 2.45) is 0 Å². The first kappa shape index (κ1) is 13.5. The molecule has 0 fully saturated rings. The largest absolute Gasteiger partial charge is 0.345 e. The molecule has 0 unspecified atom stereocenters. The van der Waals surface area contributed by atoms with Crippen LogP contribution in [-0.2, 0) is 6.42 Å². The number of carbonyl (C=O) groups excluding carboxylic acids is 1. The van der Waals surface area contributed by atoms with E-state index in [0.29, 0.717) is 5.56 Å². The van der Waals surface area contributed by atoms with E-state index in [4.69, 9.17) is 0 Å². The lowest BCUT2D eigenvalue weighted by Crippen LogP contribution is -2.30. The second-order valence-electron chi connectivity index (χ2n) is 5.65. The van der Waals surface area contributed by atoms with Crippen LogP contribution in [0.3, 0.4) is 0 Å². The van der Waals surface area contributed by atoms with Gasteiger partial charge in [0, 0.05) is 5.56 Å². The number of benzene rings is 2. The Morgan fingerprint density at radius 1 is 1.23 bits per heavy atom. The Hall–Kier alpha value is -2.20. The van der Waals surface area contributed by atoms with Gasteiger partial charge in [0.1, 0.15) is 0 Å². The Labute approximate surface area is 133 Å². The molecule has 0 spiro atoms. The molecule has 1 aliphatic carbocycles. The van der Waals surface area contributed by atoms with E-state index < -0.39 is 0 Å². The lowest BCUT2D eigenvalue weighted by Gasteiger charge is -2.26. The SMILES string of the molecule is O=C(N[C@H]1CCCc2ccccc21)c1ccc2ncsc2c1. The maximum atomic E-state index is 12.6. The van der Waals surface area contributed by atoms with Crippen LogP contribution >= 0.6 is 11.3 Å². The van der Waals surface area contributed by atoms with Crippen molar-refractivity contribution >= 4 is 27.5 Å². The van der Waals surface area contributed by atoms with Gasteiger partial charge in [0.2, 0.25) is 0 Å². The van der Waals surface area contributed by atoms with E-state index >= 15 is 0 Å². The zero-order chi connectivity index (χ0) is 14.9. The number of aryl methyl sites for hydroxylation is 1. The van der Waals surface area contributed by atoms with E-state index in [1.807, 2.05) is 29.8 Å². The third-order valence-corrected chi connectivity index (χ3v) is 5.06. The first-order chi connectivity index (χ1) is 10.8. The van der Waals surface area contributed by atoms with Gasteiger partial charge in [-0.05, 0) is 48.6 Å². The number of aromatic nitrogens is 1. The summed E-state index contributed by atoms with van der Waals surface area (Å²) in [6, 6.07) is 14.2. The van der Waals surface area contributed by atoms with Crippen LogP contribution in [0, 0.1) is 0 Å². The fraction of sp³-hybridized carbons (Fsp3) is 0.222. The van der Waals surface area contributed by atoms with Gasteiger partial charge in [-0.1, -0.05) is 24.3 Å². The van der Waals surface area contributed by atoms with Crippen molar-refractivity contribution in [2.45, 2.75) is 25.3 Å². The summed E-state index contributed by atoms with van der Waals surface area (Å²) in [6.45, 7) is 0. The molecule has 1 atom stereocenters. The maximum absolute atomic E-state index is 12.6. The monoisotopic (exact) mass is 308 g/mol. The summed E-state index contributed by atoms with van der Waals surface area (Å²) in [5.74, 6) is -0.00277. The van der Waals surface area contributed by atoms with Crippen LogP contribution in [0.4, 0.5) is 0 Å². The van der Waals surface area contributed by atoms with E-state index in [-0.39, 0.29) is 11.9 Å². The molecule has 0 aliphatic heterocycles. The zero-order valence-electron chi connectivity index (χ0n) is 12.1. The van der Waals surface area contributed by atoms with Crippen LogP contribution < -0.4 is 5.32 Å². The van der Waals surface area contributed by atoms with Crippen molar-refractivity contribution < 1.29 is 4.79 Å². The molecule has 0 bridgehead atoms. The van der Waals surface area contributed by atoms with Crippen LogP contribution in [-0.4, -0.2) is 10.9 Å². The van der Waals surface area contributed by atoms with Gasteiger partial charge in [0.25, 0.3) is 5.91 Å². The molecule has 0 saturated carbocycles. The minimum Gasteiger partial charge on any atom is -0.345 e. The molecule has 2 aromatic carbocycles. The second kappa shape index (κ2) is 5.54. The fourth-order valence-corrected chi connectivity index (χ4v) is 3.86. The lowest BCUT2D eigenvalue weighted by atomic mass is 9.87. The van der Waals surface area contributed by atoms with Crippen molar-refractivity contribution in [1.29, 1.82) is 0 Å². The summed E-state index contributed by atoms with van der Waals surface area (Å²) in [5, 5.41) is 3.19. The normalized spacial score (nSPS) is 17.2. The number of nitrogens with one attached hydrogen (secondary N) is 1. The standard InChI is InChI=1S/C18H16N2OS/c21-18(13-8-9-16-17(10-13)22-11-19-16)20-15-7-3-5-12-4-1-2-6-14(12)15/h1-2,4,6,8-11,15H,3,5,7H2,(H,20,21)/t15-/m0/s1. The average molecular weight is 308 g/mol. The molecule has 0 radical (unpaired) electrons. The molecular weight excluding hydrogens is 292 g/mol. The quantitative estimate of drug-likeness (QED) is 0.774. The van der Waals surface area contributed by atoms with Gasteiger partial charge in [0.05, 0.1) is 21.8 Å². The zero-order valence-corrected chi connectivity index (χ0v) is 12.9. The van der Waals surface area contributed by atoms with E-state index in [0.717, 1.165) is 29.5 Å². The van der Waals surface area contributed by atoms with E-state index in [9.17, 15) is 4.79 Å². The molecule has 1 heterocycles. The predicted molar refractivity (Wildman–Crippen MR) is 89.2 cm³/mol. The molecule has 1 amide bonds. The van der Waals surface area contributed by atoms with E-state index in [1.54, 1.807) is 11.3 Å². The van der Waals surface area contributed by atoms with Crippen LogP contribution in [0.1, 0.15) is 40.4 Å². The van der Waals surface area contributed by atoms with E-state index in [1.165, 1.54) is 11.1 Å². The number of rotatable bonds is 2. The van der Waals surface area contributed by atoms with Crippen molar-refractivity contribution in [3.8, 4) is 0 Å². The van der Waals surface area contributed by atoms with Crippen LogP contribution in [0.25, 0.3) is 10.2 Å². The highest BCUT2D eigenvalue weighted by Crippen LogP contribution is 2.30. The minimum absolute atomic E-state index is 0.00277. The molecular formula is C18H16N2OS. The van der Waals surface area contributed by atoms with Gasteiger partial charge < -0.3 is 5.32 Å². The molecule has 1 N–H and O–H groups in total. The van der Waals surface area contributed by atoms with Crippen LogP contribution in [0.2, 0.25) is 0 Å². The number of hydrogen-bond donors (Lipinski definition) is 1. The number of fused-ring (bicyclic) bond motifs is 2. The Morgan fingerprint density at radius 3 is 3.09 bits per heavy atom. The molecule has 1 aromatic heterocycles. The first-order valence-corrected chi connectivity index (χ1v) is 8.41. The van der Waals surface area contributed by atoms with Gasteiger partial charge >= 0.3 is 0 Å². The number of carbonyl (C=O) groups is 1. The Kier molecular flexibility index (Phi) is 3.39.